The average molecular weight is 157 g/mol. The van der Waals surface area contributed by atoms with Gasteiger partial charge >= 0.3 is 23.1 Å². The largest absolute Gasteiger partial charge is 0.316 e. The Bertz CT molecular complexity index is 65.8. The minimum Gasteiger partial charge on any atom is -0.0694 e. The summed E-state index contributed by atoms with van der Waals surface area (Å²) in [4.78, 5) is 0. The number of hydrogen-bond donors (Lipinski definition) is 0. The fourth-order valence-corrected chi connectivity index (χ4v) is 1.84. The van der Waals surface area contributed by atoms with Gasteiger partial charge in [0.05, 0.1) is 0 Å². The van der Waals surface area contributed by atoms with E-state index in [0.717, 1.165) is 5.54 Å². The zero-order valence-electron chi connectivity index (χ0n) is 6.78. The molecule has 0 aromatic rings. The Morgan fingerprint density at radius 3 is 1.56 bits per heavy atom. The van der Waals surface area contributed by atoms with E-state index in [-0.39, 0.29) is 23.1 Å². The first-order valence-electron chi connectivity index (χ1n) is 3.48. The maximum Gasteiger partial charge on any atom is 0.316 e. The molecular formula is C7H20MgSi. The fraction of sp³-hybridized carbons (Fsp3) is 1.00. The quantitative estimate of drug-likeness (QED) is 0.538. The van der Waals surface area contributed by atoms with E-state index >= 15 is 0 Å². The molecule has 0 spiro atoms. The summed E-state index contributed by atoms with van der Waals surface area (Å²) >= 11 is 0. The number of rotatable bonds is 2. The van der Waals surface area contributed by atoms with Crippen molar-refractivity contribution in [2.24, 2.45) is 0 Å². The molecule has 0 fully saturated rings. The van der Waals surface area contributed by atoms with Crippen LogP contribution < -0.4 is 0 Å². The zero-order valence-corrected chi connectivity index (χ0v) is 7.78. The van der Waals surface area contributed by atoms with Crippen LogP contribution in [0.15, 0.2) is 0 Å². The maximum absolute atomic E-state index is 2.43. The lowest BCUT2D eigenvalue weighted by Crippen LogP contribution is -2.25. The molecule has 0 heterocycles. The molecule has 0 aliphatic rings. The molecule has 9 heavy (non-hydrogen) atoms. The molecule has 0 N–H and O–H groups in total. The normalized spacial score (nSPS) is 14.3. The molecule has 0 aromatic carbocycles. The summed E-state index contributed by atoms with van der Waals surface area (Å²) in [5, 5.41) is 0. The molecule has 0 rings (SSSR count). The summed E-state index contributed by atoms with van der Waals surface area (Å²) in [5.74, 6) is 0. The molecule has 0 bridgehead atoms. The highest BCUT2D eigenvalue weighted by Crippen LogP contribution is 2.23. The lowest BCUT2D eigenvalue weighted by molar-refractivity contribution is 0.843. The lowest BCUT2D eigenvalue weighted by Gasteiger charge is -2.23. The van der Waals surface area contributed by atoms with Crippen molar-refractivity contribution in [1.29, 1.82) is 0 Å². The van der Waals surface area contributed by atoms with Crippen LogP contribution in [0.1, 0.15) is 20.3 Å². The van der Waals surface area contributed by atoms with Gasteiger partial charge in [-0.15, -0.1) is 0 Å². The zero-order chi connectivity index (χ0) is 6.78. The average Bonchev–Trinajstić information content (AvgIpc) is 1.62. The molecule has 0 aromatic heterocycles. The van der Waals surface area contributed by atoms with Gasteiger partial charge in [-0.1, -0.05) is 39.9 Å². The highest BCUT2D eigenvalue weighted by molar-refractivity contribution is 6.77. The van der Waals surface area contributed by atoms with Gasteiger partial charge in [-0.2, -0.15) is 0 Å². The van der Waals surface area contributed by atoms with E-state index in [2.05, 4.69) is 33.5 Å². The Morgan fingerprint density at radius 2 is 1.56 bits per heavy atom. The Balaban J connectivity index is 0. The second-order valence-corrected chi connectivity index (χ2v) is 9.39. The molecule has 2 heteroatoms. The lowest BCUT2D eigenvalue weighted by atomic mass is 10.4. The van der Waals surface area contributed by atoms with E-state index < -0.39 is 8.07 Å². The Hall–Kier alpha value is 0.983. The van der Waals surface area contributed by atoms with Gasteiger partial charge in [-0.3, -0.25) is 0 Å². The van der Waals surface area contributed by atoms with Crippen LogP contribution >= 0.6 is 0 Å². The molecule has 1 atom stereocenters. The van der Waals surface area contributed by atoms with E-state index in [4.69, 9.17) is 0 Å². The van der Waals surface area contributed by atoms with E-state index in [1.54, 1.807) is 0 Å². The summed E-state index contributed by atoms with van der Waals surface area (Å²) in [5.41, 5.74) is 0.988. The summed E-state index contributed by atoms with van der Waals surface area (Å²) in [6.07, 6.45) is 1.36. The minimum atomic E-state index is -0.761. The SMILES string of the molecule is CCC(C)[Si](C)(C)C.[MgH2]. The number of hydrogen-bond acceptors (Lipinski definition) is 0. The molecule has 0 aliphatic carbocycles. The van der Waals surface area contributed by atoms with Crippen LogP contribution in [0.3, 0.4) is 0 Å². The van der Waals surface area contributed by atoms with Crippen molar-refractivity contribution in [3.05, 3.63) is 0 Å². The van der Waals surface area contributed by atoms with Crippen molar-refractivity contribution < 1.29 is 0 Å². The van der Waals surface area contributed by atoms with Crippen molar-refractivity contribution in [1.82, 2.24) is 0 Å². The molecular weight excluding hydrogens is 136 g/mol. The van der Waals surface area contributed by atoms with E-state index in [1.165, 1.54) is 6.42 Å². The second-order valence-electron chi connectivity index (χ2n) is 3.68. The fourth-order valence-electron chi connectivity index (χ4n) is 0.612. The van der Waals surface area contributed by atoms with Gasteiger partial charge < -0.3 is 0 Å². The third kappa shape index (κ3) is 5.43. The molecule has 0 radical (unpaired) electrons. The van der Waals surface area contributed by atoms with Crippen molar-refractivity contribution in [2.75, 3.05) is 0 Å². The van der Waals surface area contributed by atoms with Crippen LogP contribution in [0.2, 0.25) is 25.2 Å². The van der Waals surface area contributed by atoms with Crippen LogP contribution in [0.5, 0.6) is 0 Å². The van der Waals surface area contributed by atoms with Gasteiger partial charge in [0, 0.05) is 8.07 Å². The third-order valence-corrected chi connectivity index (χ3v) is 5.46. The molecule has 0 saturated carbocycles. The molecule has 0 amide bonds. The van der Waals surface area contributed by atoms with E-state index in [9.17, 15) is 0 Å². The van der Waals surface area contributed by atoms with Crippen molar-refractivity contribution >= 4 is 31.1 Å². The molecule has 0 nitrogen and oxygen atoms in total. The summed E-state index contributed by atoms with van der Waals surface area (Å²) < 4.78 is 0. The van der Waals surface area contributed by atoms with E-state index in [1.807, 2.05) is 0 Å². The Morgan fingerprint density at radius 1 is 1.22 bits per heavy atom. The van der Waals surface area contributed by atoms with Crippen LogP contribution in [0, 0.1) is 0 Å². The first-order valence-corrected chi connectivity index (χ1v) is 7.06. The molecule has 0 saturated heterocycles. The second kappa shape index (κ2) is 4.75. The monoisotopic (exact) mass is 156 g/mol. The predicted octanol–water partition coefficient (Wildman–Crippen LogP) is 2.21. The molecule has 0 aliphatic heterocycles. The van der Waals surface area contributed by atoms with Crippen molar-refractivity contribution in [2.45, 2.75) is 45.5 Å². The van der Waals surface area contributed by atoms with E-state index in [0.29, 0.717) is 0 Å². The highest BCUT2D eigenvalue weighted by atomic mass is 28.3. The van der Waals surface area contributed by atoms with Gasteiger partial charge in [0.1, 0.15) is 0 Å². The first kappa shape index (κ1) is 12.6. The third-order valence-electron chi connectivity index (χ3n) is 2.09. The Labute approximate surface area is 76.6 Å². The minimum absolute atomic E-state index is 0. The smallest absolute Gasteiger partial charge is 0.0694 e. The summed E-state index contributed by atoms with van der Waals surface area (Å²) in [6.45, 7) is 11.9. The van der Waals surface area contributed by atoms with Crippen LogP contribution in [0.4, 0.5) is 0 Å². The topological polar surface area (TPSA) is 0 Å². The molecule has 1 unspecified atom stereocenters. The standard InChI is InChI=1S/C7H18Si.Mg.2H/c1-6-7(2)8(3,4)5;;;/h7H,6H2,1-5H3;;;. The van der Waals surface area contributed by atoms with Gasteiger partial charge in [-0.05, 0) is 5.54 Å². The van der Waals surface area contributed by atoms with Crippen LogP contribution in [0.25, 0.3) is 0 Å². The van der Waals surface area contributed by atoms with Crippen LogP contribution in [-0.2, 0) is 0 Å². The Kier molecular flexibility index (Phi) is 6.67. The van der Waals surface area contributed by atoms with Gasteiger partial charge in [0.2, 0.25) is 0 Å². The summed E-state index contributed by atoms with van der Waals surface area (Å²) in [7, 11) is -0.761. The molecule has 54 valence electrons. The van der Waals surface area contributed by atoms with Crippen molar-refractivity contribution in [3.63, 3.8) is 0 Å². The first-order chi connectivity index (χ1) is 3.48. The van der Waals surface area contributed by atoms with Gasteiger partial charge in [-0.25, -0.2) is 0 Å². The maximum atomic E-state index is 2.43. The van der Waals surface area contributed by atoms with Gasteiger partial charge in [0.25, 0.3) is 0 Å². The predicted molar refractivity (Wildman–Crippen MR) is 51.6 cm³/mol. The summed E-state index contributed by atoms with van der Waals surface area (Å²) in [6, 6.07) is 0. The van der Waals surface area contributed by atoms with Crippen LogP contribution in [-0.4, -0.2) is 31.1 Å². The highest BCUT2D eigenvalue weighted by Gasteiger charge is 2.19. The van der Waals surface area contributed by atoms with Gasteiger partial charge in [0.15, 0.2) is 0 Å². The van der Waals surface area contributed by atoms with Crippen molar-refractivity contribution in [3.8, 4) is 0 Å².